The lowest BCUT2D eigenvalue weighted by Crippen LogP contribution is -2.31. The molecule has 0 aliphatic heterocycles. The van der Waals surface area contributed by atoms with Crippen LogP contribution in [0, 0.1) is 21.3 Å². The number of benzene rings is 1. The average molecular weight is 355 g/mol. The molecule has 1 N–H and O–H groups in total. The van der Waals surface area contributed by atoms with Gasteiger partial charge in [-0.25, -0.2) is 0 Å². The molecule has 0 atom stereocenters. The van der Waals surface area contributed by atoms with E-state index < -0.39 is 0 Å². The summed E-state index contributed by atoms with van der Waals surface area (Å²) < 4.78 is 1.16. The zero-order valence-corrected chi connectivity index (χ0v) is 12.5. The van der Waals surface area contributed by atoms with Crippen molar-refractivity contribution < 1.29 is 4.79 Å². The van der Waals surface area contributed by atoms with Gasteiger partial charge in [-0.15, -0.1) is 0 Å². The van der Waals surface area contributed by atoms with Gasteiger partial charge in [-0.05, 0) is 90.3 Å². The molecule has 1 amide bonds. The first kappa shape index (κ1) is 12.5. The fourth-order valence-corrected chi connectivity index (χ4v) is 3.04. The fraction of sp³-hybridized carbons (Fsp3) is 0.533. The van der Waals surface area contributed by atoms with Crippen LogP contribution in [0.1, 0.15) is 36.0 Å². The predicted octanol–water partition coefficient (Wildman–Crippen LogP) is 3.46. The topological polar surface area (TPSA) is 29.1 Å². The van der Waals surface area contributed by atoms with Crippen LogP contribution in [0.25, 0.3) is 0 Å². The van der Waals surface area contributed by atoms with E-state index in [0.717, 1.165) is 33.4 Å². The number of carbonyl (C=O) groups is 1. The Morgan fingerprint density at radius 1 is 1.17 bits per heavy atom. The maximum absolute atomic E-state index is 12.0. The molecule has 2 fully saturated rings. The van der Waals surface area contributed by atoms with Crippen LogP contribution in [-0.2, 0) is 0 Å². The third-order valence-electron chi connectivity index (χ3n) is 4.06. The lowest BCUT2D eigenvalue weighted by Gasteiger charge is -2.16. The lowest BCUT2D eigenvalue weighted by molar-refractivity contribution is 0.0943. The molecule has 0 unspecified atom stereocenters. The molecule has 1 aromatic carbocycles. The summed E-state index contributed by atoms with van der Waals surface area (Å²) in [5, 5.41) is 3.12. The number of carbonyl (C=O) groups excluding carboxylic acids is 1. The van der Waals surface area contributed by atoms with Crippen molar-refractivity contribution in [2.75, 3.05) is 6.54 Å². The van der Waals surface area contributed by atoms with E-state index in [9.17, 15) is 4.79 Å². The Labute approximate surface area is 122 Å². The monoisotopic (exact) mass is 355 g/mol. The van der Waals surface area contributed by atoms with Gasteiger partial charge < -0.3 is 5.32 Å². The second kappa shape index (κ2) is 5.19. The van der Waals surface area contributed by atoms with Gasteiger partial charge in [0.25, 0.3) is 5.91 Å². The van der Waals surface area contributed by atoms with Crippen molar-refractivity contribution in [3.05, 3.63) is 33.4 Å². The van der Waals surface area contributed by atoms with E-state index in [1.54, 1.807) is 0 Å². The molecular weight excluding hydrogens is 337 g/mol. The molecule has 0 radical (unpaired) electrons. The van der Waals surface area contributed by atoms with Crippen LogP contribution >= 0.6 is 22.6 Å². The number of rotatable bonds is 5. The van der Waals surface area contributed by atoms with Crippen molar-refractivity contribution >= 4 is 28.5 Å². The molecule has 0 aromatic heterocycles. The van der Waals surface area contributed by atoms with Crippen LogP contribution in [0.15, 0.2) is 24.3 Å². The summed E-state index contributed by atoms with van der Waals surface area (Å²) in [6.45, 7) is 0.875. The molecule has 1 aromatic rings. The highest BCUT2D eigenvalue weighted by atomic mass is 127. The van der Waals surface area contributed by atoms with Crippen LogP contribution in [-0.4, -0.2) is 12.5 Å². The van der Waals surface area contributed by atoms with Gasteiger partial charge in [-0.2, -0.15) is 0 Å². The molecule has 3 rings (SSSR count). The van der Waals surface area contributed by atoms with Gasteiger partial charge in [0.15, 0.2) is 0 Å². The normalized spacial score (nSPS) is 19.0. The van der Waals surface area contributed by atoms with Gasteiger partial charge in [0, 0.05) is 15.7 Å². The van der Waals surface area contributed by atoms with Crippen molar-refractivity contribution in [1.29, 1.82) is 0 Å². The van der Waals surface area contributed by atoms with E-state index in [0.29, 0.717) is 0 Å². The second-order valence-corrected chi connectivity index (χ2v) is 6.80. The number of nitrogens with one attached hydrogen (secondary N) is 1. The van der Waals surface area contributed by atoms with Crippen LogP contribution in [0.5, 0.6) is 0 Å². The SMILES string of the molecule is O=C(NCC(C1CC1)C1CC1)c1ccc(I)cc1. The van der Waals surface area contributed by atoms with E-state index in [1.807, 2.05) is 24.3 Å². The van der Waals surface area contributed by atoms with Crippen LogP contribution in [0.4, 0.5) is 0 Å². The summed E-state index contributed by atoms with van der Waals surface area (Å²) in [6, 6.07) is 7.77. The molecule has 2 aliphatic carbocycles. The Bertz CT molecular complexity index is 422. The van der Waals surface area contributed by atoms with E-state index in [1.165, 1.54) is 25.7 Å². The molecule has 18 heavy (non-hydrogen) atoms. The number of hydrogen-bond acceptors (Lipinski definition) is 1. The minimum atomic E-state index is 0.0812. The number of amides is 1. The van der Waals surface area contributed by atoms with Gasteiger partial charge in [-0.3, -0.25) is 4.79 Å². The summed E-state index contributed by atoms with van der Waals surface area (Å²) in [6.07, 6.45) is 5.50. The zero-order chi connectivity index (χ0) is 12.5. The number of hydrogen-bond donors (Lipinski definition) is 1. The molecule has 2 nitrogen and oxygen atoms in total. The zero-order valence-electron chi connectivity index (χ0n) is 10.4. The smallest absolute Gasteiger partial charge is 0.251 e. The van der Waals surface area contributed by atoms with Crippen molar-refractivity contribution in [3.8, 4) is 0 Å². The molecule has 2 saturated carbocycles. The minimum Gasteiger partial charge on any atom is -0.352 e. The highest BCUT2D eigenvalue weighted by Gasteiger charge is 2.41. The summed E-state index contributed by atoms with van der Waals surface area (Å²) in [4.78, 5) is 12.0. The molecule has 0 bridgehead atoms. The third kappa shape index (κ3) is 3.05. The molecule has 96 valence electrons. The van der Waals surface area contributed by atoms with Crippen LogP contribution in [0.2, 0.25) is 0 Å². The highest BCUT2D eigenvalue weighted by molar-refractivity contribution is 14.1. The van der Waals surface area contributed by atoms with Crippen LogP contribution < -0.4 is 5.32 Å². The van der Waals surface area contributed by atoms with E-state index >= 15 is 0 Å². The summed E-state index contributed by atoms with van der Waals surface area (Å²) in [5.74, 6) is 2.62. The molecule has 0 spiro atoms. The molecular formula is C15H18INO. The van der Waals surface area contributed by atoms with Crippen LogP contribution in [0.3, 0.4) is 0 Å². The highest BCUT2D eigenvalue weighted by Crippen LogP contribution is 2.48. The molecule has 0 heterocycles. The summed E-state index contributed by atoms with van der Waals surface area (Å²) in [7, 11) is 0. The van der Waals surface area contributed by atoms with Crippen molar-refractivity contribution in [2.45, 2.75) is 25.7 Å². The van der Waals surface area contributed by atoms with Crippen molar-refractivity contribution in [2.24, 2.45) is 17.8 Å². The molecule has 0 saturated heterocycles. The maximum atomic E-state index is 12.0. The summed E-state index contributed by atoms with van der Waals surface area (Å²) >= 11 is 2.25. The van der Waals surface area contributed by atoms with Crippen molar-refractivity contribution in [3.63, 3.8) is 0 Å². The molecule has 3 heteroatoms. The Hall–Kier alpha value is -0.580. The quantitative estimate of drug-likeness (QED) is 0.806. The van der Waals surface area contributed by atoms with Gasteiger partial charge >= 0.3 is 0 Å². The first-order chi connectivity index (χ1) is 8.74. The van der Waals surface area contributed by atoms with Gasteiger partial charge in [0.05, 0.1) is 0 Å². The Kier molecular flexibility index (Phi) is 3.59. The minimum absolute atomic E-state index is 0.0812. The van der Waals surface area contributed by atoms with E-state index in [-0.39, 0.29) is 5.91 Å². The second-order valence-electron chi connectivity index (χ2n) is 5.56. The standard InChI is InChI=1S/C15H18INO/c16-13-7-5-12(6-8-13)15(18)17-9-14(10-1-2-10)11-3-4-11/h5-8,10-11,14H,1-4,9H2,(H,17,18). The third-order valence-corrected chi connectivity index (χ3v) is 4.78. The maximum Gasteiger partial charge on any atom is 0.251 e. The molecule has 2 aliphatic rings. The largest absolute Gasteiger partial charge is 0.352 e. The average Bonchev–Trinajstić information content (AvgIpc) is 3.24. The van der Waals surface area contributed by atoms with Gasteiger partial charge in [-0.1, -0.05) is 0 Å². The fourth-order valence-electron chi connectivity index (χ4n) is 2.68. The predicted molar refractivity (Wildman–Crippen MR) is 80.4 cm³/mol. The Balaban J connectivity index is 1.55. The number of halogens is 1. The Morgan fingerprint density at radius 2 is 1.72 bits per heavy atom. The van der Waals surface area contributed by atoms with E-state index in [2.05, 4.69) is 27.9 Å². The lowest BCUT2D eigenvalue weighted by atomic mass is 9.98. The first-order valence-electron chi connectivity index (χ1n) is 6.78. The Morgan fingerprint density at radius 3 is 2.22 bits per heavy atom. The summed E-state index contributed by atoms with van der Waals surface area (Å²) in [5.41, 5.74) is 0.778. The van der Waals surface area contributed by atoms with Crippen molar-refractivity contribution in [1.82, 2.24) is 5.32 Å². The van der Waals surface area contributed by atoms with Gasteiger partial charge in [0.2, 0.25) is 0 Å². The van der Waals surface area contributed by atoms with E-state index in [4.69, 9.17) is 0 Å². The van der Waals surface area contributed by atoms with Gasteiger partial charge in [0.1, 0.15) is 0 Å². The first-order valence-corrected chi connectivity index (χ1v) is 7.85.